The van der Waals surface area contributed by atoms with E-state index >= 15 is 0 Å². The van der Waals surface area contributed by atoms with Gasteiger partial charge >= 0.3 is 5.97 Å². The largest absolute Gasteiger partial charge is 0.481 e. The number of ether oxygens (including phenoxy) is 1. The van der Waals surface area contributed by atoms with E-state index in [1.165, 1.54) is 16.4 Å². The number of hydrogen-bond donors (Lipinski definition) is 1. The number of sulfonamides is 1. The van der Waals surface area contributed by atoms with E-state index in [2.05, 4.69) is 5.16 Å². The first-order chi connectivity index (χ1) is 12.8. The maximum atomic E-state index is 13.0. The number of aliphatic carboxylic acids is 1. The second-order valence-corrected chi connectivity index (χ2v) is 9.01. The number of nitrogens with zero attached hydrogens (tertiary/aromatic N) is 2. The summed E-state index contributed by atoms with van der Waals surface area (Å²) < 4.78 is 43.3. The summed E-state index contributed by atoms with van der Waals surface area (Å²) in [7, 11) is -3.98. The Kier molecular flexibility index (Phi) is 4.17. The van der Waals surface area contributed by atoms with E-state index < -0.39 is 21.4 Å². The van der Waals surface area contributed by atoms with Crippen LogP contribution in [0.5, 0.6) is 0 Å². The Bertz CT molecular complexity index is 993. The molecule has 0 spiro atoms. The van der Waals surface area contributed by atoms with Crippen LogP contribution in [0.4, 0.5) is 0 Å². The lowest BCUT2D eigenvalue weighted by Crippen LogP contribution is -2.46. The maximum absolute atomic E-state index is 13.0. The summed E-state index contributed by atoms with van der Waals surface area (Å²) >= 11 is 0. The molecule has 0 bridgehead atoms. The van der Waals surface area contributed by atoms with Crippen molar-refractivity contribution in [2.75, 3.05) is 26.3 Å². The van der Waals surface area contributed by atoms with E-state index in [-0.39, 0.29) is 36.5 Å². The van der Waals surface area contributed by atoms with Crippen molar-refractivity contribution >= 4 is 16.0 Å². The van der Waals surface area contributed by atoms with Crippen molar-refractivity contribution < 1.29 is 32.0 Å². The zero-order valence-electron chi connectivity index (χ0n) is 15.0. The number of rotatable bonds is 4. The van der Waals surface area contributed by atoms with Crippen LogP contribution in [0.25, 0.3) is 11.5 Å². The molecule has 146 valence electrons. The zero-order chi connectivity index (χ0) is 19.4. The van der Waals surface area contributed by atoms with Gasteiger partial charge in [-0.2, -0.15) is 4.31 Å². The van der Waals surface area contributed by atoms with Crippen LogP contribution in [-0.4, -0.2) is 55.3 Å². The second-order valence-electron chi connectivity index (χ2n) is 7.14. The molecule has 0 aromatic carbocycles. The van der Waals surface area contributed by atoms with Gasteiger partial charge < -0.3 is 18.8 Å². The van der Waals surface area contributed by atoms with Crippen molar-refractivity contribution in [3.05, 3.63) is 23.4 Å². The monoisotopic (exact) mass is 396 g/mol. The van der Waals surface area contributed by atoms with Gasteiger partial charge in [-0.05, 0) is 38.3 Å². The number of aromatic nitrogens is 1. The van der Waals surface area contributed by atoms with Gasteiger partial charge in [0.05, 0.1) is 12.3 Å². The highest BCUT2D eigenvalue weighted by molar-refractivity contribution is 7.89. The summed E-state index contributed by atoms with van der Waals surface area (Å²) in [4.78, 5) is 11.9. The molecule has 27 heavy (non-hydrogen) atoms. The molecule has 1 N–H and O–H groups in total. The van der Waals surface area contributed by atoms with Crippen LogP contribution in [-0.2, 0) is 19.6 Å². The lowest BCUT2D eigenvalue weighted by atomic mass is 9.76. The van der Waals surface area contributed by atoms with Crippen LogP contribution in [0.3, 0.4) is 0 Å². The quantitative estimate of drug-likeness (QED) is 0.828. The Labute approximate surface area is 155 Å². The summed E-state index contributed by atoms with van der Waals surface area (Å²) in [6, 6.07) is 2.87. The number of aryl methyl sites for hydroxylation is 1. The average molecular weight is 396 g/mol. The Balaban J connectivity index is 1.65. The average Bonchev–Trinajstić information content (AvgIpc) is 3.33. The molecule has 2 aromatic heterocycles. The highest BCUT2D eigenvalue weighted by Gasteiger charge is 2.57. The third kappa shape index (κ3) is 2.70. The minimum Gasteiger partial charge on any atom is -0.481 e. The van der Waals surface area contributed by atoms with E-state index in [1.54, 1.807) is 13.8 Å². The predicted molar refractivity (Wildman–Crippen MR) is 91.4 cm³/mol. The molecule has 0 radical (unpaired) electrons. The maximum Gasteiger partial charge on any atom is 0.313 e. The van der Waals surface area contributed by atoms with Crippen LogP contribution < -0.4 is 0 Å². The van der Waals surface area contributed by atoms with Gasteiger partial charge in [0, 0.05) is 25.3 Å². The molecule has 2 saturated heterocycles. The van der Waals surface area contributed by atoms with Crippen molar-refractivity contribution in [1.82, 2.24) is 9.46 Å². The first-order valence-corrected chi connectivity index (χ1v) is 10.0. The van der Waals surface area contributed by atoms with Gasteiger partial charge in [0.15, 0.2) is 5.76 Å². The van der Waals surface area contributed by atoms with Crippen LogP contribution in [0, 0.1) is 25.2 Å². The number of furan rings is 1. The van der Waals surface area contributed by atoms with E-state index in [0.717, 1.165) is 5.56 Å². The molecule has 10 heteroatoms. The Morgan fingerprint density at radius 2 is 2.15 bits per heavy atom. The minimum atomic E-state index is -3.98. The molecule has 0 unspecified atom stereocenters. The summed E-state index contributed by atoms with van der Waals surface area (Å²) in [5.41, 5.74) is 0.250. The smallest absolute Gasteiger partial charge is 0.313 e. The Morgan fingerprint density at radius 1 is 1.37 bits per heavy atom. The molecular formula is C17H20N2O7S. The van der Waals surface area contributed by atoms with Crippen LogP contribution in [0.1, 0.15) is 17.7 Å². The van der Waals surface area contributed by atoms with Crippen molar-refractivity contribution in [3.8, 4) is 11.5 Å². The van der Waals surface area contributed by atoms with Gasteiger partial charge in [-0.25, -0.2) is 8.42 Å². The van der Waals surface area contributed by atoms with Crippen molar-refractivity contribution in [2.45, 2.75) is 25.4 Å². The highest BCUT2D eigenvalue weighted by atomic mass is 32.2. The zero-order valence-corrected chi connectivity index (χ0v) is 15.8. The van der Waals surface area contributed by atoms with Crippen LogP contribution in [0.2, 0.25) is 0 Å². The summed E-state index contributed by atoms with van der Waals surface area (Å²) in [5, 5.41) is 13.3. The lowest BCUT2D eigenvalue weighted by molar-refractivity contribution is -0.159. The number of carboxylic acid groups (broad SMARTS) is 1. The first-order valence-electron chi connectivity index (χ1n) is 8.60. The summed E-state index contributed by atoms with van der Waals surface area (Å²) in [5.74, 6) is -0.677. The highest BCUT2D eigenvalue weighted by Crippen LogP contribution is 2.44. The van der Waals surface area contributed by atoms with Gasteiger partial charge in [-0.1, -0.05) is 5.16 Å². The molecule has 4 rings (SSSR count). The van der Waals surface area contributed by atoms with E-state index in [1.807, 2.05) is 0 Å². The summed E-state index contributed by atoms with van der Waals surface area (Å²) in [6.07, 6.45) is 0.512. The second kappa shape index (κ2) is 6.18. The molecule has 4 heterocycles. The third-order valence-electron chi connectivity index (χ3n) is 5.62. The van der Waals surface area contributed by atoms with Crippen molar-refractivity contribution in [3.63, 3.8) is 0 Å². The topological polar surface area (TPSA) is 123 Å². The van der Waals surface area contributed by atoms with Gasteiger partial charge in [-0.3, -0.25) is 4.79 Å². The molecule has 9 nitrogen and oxygen atoms in total. The SMILES string of the molecule is Cc1noc(-c2ccc(S(=O)(=O)N3C[C@@H]4CCOC[C@]4(C(=O)O)C3)o2)c1C. The van der Waals surface area contributed by atoms with Crippen molar-refractivity contribution in [2.24, 2.45) is 11.3 Å². The minimum absolute atomic E-state index is 0.0129. The molecule has 2 aromatic rings. The van der Waals surface area contributed by atoms with E-state index in [4.69, 9.17) is 13.7 Å². The molecule has 0 saturated carbocycles. The van der Waals surface area contributed by atoms with Gasteiger partial charge in [0.25, 0.3) is 10.0 Å². The fourth-order valence-electron chi connectivity index (χ4n) is 3.78. The molecule has 2 aliphatic heterocycles. The standard InChI is InChI=1S/C17H20N2O7S/c1-10-11(2)18-26-15(10)13-3-4-14(25-13)27(22,23)19-7-12-5-6-24-9-17(12,8-19)16(20)21/h3-4,12H,5-9H2,1-2H3,(H,20,21)/t12-,17+/m0/s1. The van der Waals surface area contributed by atoms with E-state index in [0.29, 0.717) is 24.5 Å². The fourth-order valence-corrected chi connectivity index (χ4v) is 5.25. The van der Waals surface area contributed by atoms with Gasteiger partial charge in [0.1, 0.15) is 5.41 Å². The molecule has 2 aliphatic rings. The first kappa shape index (κ1) is 18.2. The van der Waals surface area contributed by atoms with Crippen LogP contribution in [0.15, 0.2) is 26.2 Å². The predicted octanol–water partition coefficient (Wildman–Crippen LogP) is 1.66. The molecule has 0 aliphatic carbocycles. The lowest BCUT2D eigenvalue weighted by Gasteiger charge is -2.34. The number of carbonyl (C=O) groups is 1. The number of fused-ring (bicyclic) bond motifs is 1. The molecular weight excluding hydrogens is 376 g/mol. The molecule has 0 amide bonds. The van der Waals surface area contributed by atoms with Crippen LogP contribution >= 0.6 is 0 Å². The van der Waals surface area contributed by atoms with E-state index in [9.17, 15) is 18.3 Å². The number of hydrogen-bond acceptors (Lipinski definition) is 7. The van der Waals surface area contributed by atoms with Crippen molar-refractivity contribution in [1.29, 1.82) is 0 Å². The molecule has 2 fully saturated rings. The summed E-state index contributed by atoms with van der Waals surface area (Å²) in [6.45, 7) is 4.03. The molecule has 2 atom stereocenters. The Hall–Kier alpha value is -2.17. The number of carboxylic acids is 1. The van der Waals surface area contributed by atoms with Gasteiger partial charge in [0.2, 0.25) is 10.9 Å². The third-order valence-corrected chi connectivity index (χ3v) is 7.30. The Morgan fingerprint density at radius 3 is 2.78 bits per heavy atom. The van der Waals surface area contributed by atoms with Gasteiger partial charge in [-0.15, -0.1) is 0 Å². The fraction of sp³-hybridized carbons (Fsp3) is 0.529. The normalized spacial score (nSPS) is 26.2.